The third kappa shape index (κ3) is 2.72. The van der Waals surface area contributed by atoms with E-state index in [2.05, 4.69) is 0 Å². The summed E-state index contributed by atoms with van der Waals surface area (Å²) in [4.78, 5) is 14.4. The highest BCUT2D eigenvalue weighted by Gasteiger charge is 2.35. The van der Waals surface area contributed by atoms with Gasteiger partial charge in [0.15, 0.2) is 0 Å². The van der Waals surface area contributed by atoms with Crippen molar-refractivity contribution >= 4 is 5.91 Å². The molecule has 98 valence electrons. The van der Waals surface area contributed by atoms with Crippen LogP contribution in [0.25, 0.3) is 0 Å². The van der Waals surface area contributed by atoms with Crippen LogP contribution in [-0.4, -0.2) is 23.4 Å². The van der Waals surface area contributed by atoms with Crippen LogP contribution in [0.4, 0.5) is 0 Å². The highest BCUT2D eigenvalue weighted by molar-refractivity contribution is 5.80. The highest BCUT2D eigenvalue weighted by atomic mass is 16.2. The molecular weight excluding hydrogens is 224 g/mol. The molecule has 2 atom stereocenters. The Morgan fingerprint density at radius 2 is 2.00 bits per heavy atom. The van der Waals surface area contributed by atoms with Crippen molar-refractivity contribution in [2.75, 3.05) is 6.54 Å². The summed E-state index contributed by atoms with van der Waals surface area (Å²) in [6.45, 7) is 4.76. The summed E-state index contributed by atoms with van der Waals surface area (Å²) in [6, 6.07) is 10.1. The molecule has 1 fully saturated rings. The Labute approximate surface area is 109 Å². The predicted molar refractivity (Wildman–Crippen MR) is 72.9 cm³/mol. The molecule has 2 N–H and O–H groups in total. The fraction of sp³-hybridized carbons (Fsp3) is 0.533. The zero-order valence-corrected chi connectivity index (χ0v) is 11.2. The maximum absolute atomic E-state index is 12.4. The molecule has 1 saturated carbocycles. The van der Waals surface area contributed by atoms with Gasteiger partial charge in [-0.05, 0) is 25.3 Å². The molecular formula is C15H22N2O. The van der Waals surface area contributed by atoms with E-state index in [1.165, 1.54) is 0 Å². The Bertz CT molecular complexity index is 400. The number of hydrogen-bond donors (Lipinski definition) is 1. The van der Waals surface area contributed by atoms with E-state index in [1.807, 2.05) is 49.1 Å². The van der Waals surface area contributed by atoms with Gasteiger partial charge < -0.3 is 10.6 Å². The Morgan fingerprint density at radius 1 is 1.39 bits per heavy atom. The third-order valence-electron chi connectivity index (χ3n) is 3.72. The molecule has 1 aromatic carbocycles. The average molecular weight is 246 g/mol. The first-order chi connectivity index (χ1) is 8.65. The van der Waals surface area contributed by atoms with Crippen molar-refractivity contribution in [3.05, 3.63) is 35.9 Å². The van der Waals surface area contributed by atoms with E-state index in [-0.39, 0.29) is 17.9 Å². The minimum Gasteiger partial charge on any atom is -0.340 e. The van der Waals surface area contributed by atoms with E-state index >= 15 is 0 Å². The summed E-state index contributed by atoms with van der Waals surface area (Å²) in [5.41, 5.74) is 7.24. The van der Waals surface area contributed by atoms with Gasteiger partial charge in [0.1, 0.15) is 0 Å². The fourth-order valence-electron chi connectivity index (χ4n) is 2.36. The number of benzene rings is 1. The number of rotatable bonds is 5. The lowest BCUT2D eigenvalue weighted by Crippen LogP contribution is -2.40. The monoisotopic (exact) mass is 246 g/mol. The van der Waals surface area contributed by atoms with E-state index in [0.29, 0.717) is 6.04 Å². The molecule has 1 aliphatic rings. The van der Waals surface area contributed by atoms with E-state index < -0.39 is 0 Å². The molecule has 1 aliphatic carbocycles. The molecule has 0 spiro atoms. The topological polar surface area (TPSA) is 46.3 Å². The van der Waals surface area contributed by atoms with Crippen molar-refractivity contribution < 1.29 is 4.79 Å². The first-order valence-corrected chi connectivity index (χ1v) is 6.76. The van der Waals surface area contributed by atoms with E-state index in [9.17, 15) is 4.79 Å². The molecule has 0 bridgehead atoms. The zero-order valence-electron chi connectivity index (χ0n) is 11.2. The molecule has 2 rings (SSSR count). The van der Waals surface area contributed by atoms with Crippen molar-refractivity contribution in [3.63, 3.8) is 0 Å². The van der Waals surface area contributed by atoms with Gasteiger partial charge in [-0.1, -0.05) is 37.3 Å². The van der Waals surface area contributed by atoms with Gasteiger partial charge in [-0.25, -0.2) is 0 Å². The van der Waals surface area contributed by atoms with Gasteiger partial charge in [-0.3, -0.25) is 4.79 Å². The van der Waals surface area contributed by atoms with Gasteiger partial charge >= 0.3 is 0 Å². The second-order valence-corrected chi connectivity index (χ2v) is 5.08. The summed E-state index contributed by atoms with van der Waals surface area (Å²) in [5.74, 6) is 0.0318. The molecule has 1 aromatic rings. The average Bonchev–Trinajstić information content (AvgIpc) is 3.23. The Hall–Kier alpha value is -1.35. The van der Waals surface area contributed by atoms with Crippen LogP contribution in [0.3, 0.4) is 0 Å². The SMILES string of the molecule is CCN(C(=O)C(C)C(N)c1ccccc1)C1CC1. The first-order valence-electron chi connectivity index (χ1n) is 6.76. The number of amides is 1. The normalized spacial score (nSPS) is 18.2. The van der Waals surface area contributed by atoms with Gasteiger partial charge in [-0.2, -0.15) is 0 Å². The van der Waals surface area contributed by atoms with Crippen LogP contribution >= 0.6 is 0 Å². The van der Waals surface area contributed by atoms with Crippen molar-refractivity contribution in [2.24, 2.45) is 11.7 Å². The quantitative estimate of drug-likeness (QED) is 0.866. The van der Waals surface area contributed by atoms with E-state index in [0.717, 1.165) is 24.9 Å². The smallest absolute Gasteiger partial charge is 0.227 e. The third-order valence-corrected chi connectivity index (χ3v) is 3.72. The maximum atomic E-state index is 12.4. The van der Waals surface area contributed by atoms with Gasteiger partial charge in [0.2, 0.25) is 5.91 Å². The Balaban J connectivity index is 2.05. The summed E-state index contributed by atoms with van der Waals surface area (Å²) >= 11 is 0. The van der Waals surface area contributed by atoms with Crippen molar-refractivity contribution in [1.82, 2.24) is 4.90 Å². The lowest BCUT2D eigenvalue weighted by Gasteiger charge is -2.27. The van der Waals surface area contributed by atoms with Gasteiger partial charge in [0, 0.05) is 18.6 Å². The minimum atomic E-state index is -0.216. The summed E-state index contributed by atoms with van der Waals surface area (Å²) < 4.78 is 0. The molecule has 3 nitrogen and oxygen atoms in total. The predicted octanol–water partition coefficient (Wildman–Crippen LogP) is 2.33. The Kier molecular flexibility index (Phi) is 4.02. The van der Waals surface area contributed by atoms with E-state index in [1.54, 1.807) is 0 Å². The molecule has 3 heteroatoms. The molecule has 0 radical (unpaired) electrons. The lowest BCUT2D eigenvalue weighted by molar-refractivity contribution is -0.136. The van der Waals surface area contributed by atoms with Crippen molar-refractivity contribution in [2.45, 2.75) is 38.8 Å². The van der Waals surface area contributed by atoms with Crippen LogP contribution < -0.4 is 5.73 Å². The maximum Gasteiger partial charge on any atom is 0.227 e. The van der Waals surface area contributed by atoms with Crippen LogP contribution in [0.15, 0.2) is 30.3 Å². The molecule has 0 heterocycles. The standard InChI is InChI=1S/C15H22N2O/c1-3-17(13-9-10-13)15(18)11(2)14(16)12-7-5-4-6-8-12/h4-8,11,13-14H,3,9-10,16H2,1-2H3. The lowest BCUT2D eigenvalue weighted by atomic mass is 9.94. The van der Waals surface area contributed by atoms with Crippen LogP contribution in [0.5, 0.6) is 0 Å². The summed E-state index contributed by atoms with van der Waals surface area (Å²) in [7, 11) is 0. The number of carbonyl (C=O) groups excluding carboxylic acids is 1. The fourth-order valence-corrected chi connectivity index (χ4v) is 2.36. The highest BCUT2D eigenvalue weighted by Crippen LogP contribution is 2.30. The number of carbonyl (C=O) groups is 1. The van der Waals surface area contributed by atoms with Crippen LogP contribution in [0.1, 0.15) is 38.3 Å². The minimum absolute atomic E-state index is 0.159. The van der Waals surface area contributed by atoms with Gasteiger partial charge in [-0.15, -0.1) is 0 Å². The second kappa shape index (κ2) is 5.53. The molecule has 2 unspecified atom stereocenters. The summed E-state index contributed by atoms with van der Waals surface area (Å²) in [5, 5.41) is 0. The van der Waals surface area contributed by atoms with Gasteiger partial charge in [0.25, 0.3) is 0 Å². The second-order valence-electron chi connectivity index (χ2n) is 5.08. The molecule has 0 aliphatic heterocycles. The van der Waals surface area contributed by atoms with Gasteiger partial charge in [0.05, 0.1) is 5.92 Å². The number of nitrogens with zero attached hydrogens (tertiary/aromatic N) is 1. The largest absolute Gasteiger partial charge is 0.340 e. The number of nitrogens with two attached hydrogens (primary N) is 1. The molecule has 0 saturated heterocycles. The molecule has 18 heavy (non-hydrogen) atoms. The van der Waals surface area contributed by atoms with Crippen molar-refractivity contribution in [3.8, 4) is 0 Å². The van der Waals surface area contributed by atoms with E-state index in [4.69, 9.17) is 5.73 Å². The molecule has 0 aromatic heterocycles. The van der Waals surface area contributed by atoms with Crippen LogP contribution in [0, 0.1) is 5.92 Å². The Morgan fingerprint density at radius 3 is 2.50 bits per heavy atom. The zero-order chi connectivity index (χ0) is 13.1. The first kappa shape index (κ1) is 13.1. The van der Waals surface area contributed by atoms with Crippen LogP contribution in [-0.2, 0) is 4.79 Å². The summed E-state index contributed by atoms with van der Waals surface area (Å²) in [6.07, 6.45) is 2.29. The number of hydrogen-bond acceptors (Lipinski definition) is 2. The molecule has 1 amide bonds. The van der Waals surface area contributed by atoms with Crippen LogP contribution in [0.2, 0.25) is 0 Å². The van der Waals surface area contributed by atoms with Crippen molar-refractivity contribution in [1.29, 1.82) is 0 Å².